The van der Waals surface area contributed by atoms with Crippen LogP contribution in [0.1, 0.15) is 29.0 Å². The first-order chi connectivity index (χ1) is 12.8. The van der Waals surface area contributed by atoms with Crippen LogP contribution in [0.5, 0.6) is 0 Å². The number of allylic oxidation sites excluding steroid dienone is 4. The molecule has 0 fully saturated rings. The van der Waals surface area contributed by atoms with Crippen LogP contribution in [0.15, 0.2) is 112 Å². The van der Waals surface area contributed by atoms with E-state index in [4.69, 9.17) is 0 Å². The summed E-state index contributed by atoms with van der Waals surface area (Å²) in [5, 5.41) is 0. The molecule has 0 bridgehead atoms. The number of rotatable bonds is 5. The summed E-state index contributed by atoms with van der Waals surface area (Å²) >= 11 is 2.26. The Hall–Kier alpha value is -1.28. The third kappa shape index (κ3) is 6.11. The van der Waals surface area contributed by atoms with Crippen molar-refractivity contribution < 1.29 is 57.7 Å². The molecule has 1 aliphatic rings. The molecule has 0 nitrogen and oxygen atoms in total. The molecule has 29 heavy (non-hydrogen) atoms. The van der Waals surface area contributed by atoms with Crippen molar-refractivity contribution in [1.29, 1.82) is 0 Å². The van der Waals surface area contributed by atoms with Crippen LogP contribution in [0.25, 0.3) is 0 Å². The fourth-order valence-electron chi connectivity index (χ4n) is 3.82. The van der Waals surface area contributed by atoms with Gasteiger partial charge in [0.25, 0.3) is 0 Å². The van der Waals surface area contributed by atoms with Crippen molar-refractivity contribution in [1.82, 2.24) is 0 Å². The van der Waals surface area contributed by atoms with E-state index in [1.807, 2.05) is 0 Å². The maximum atomic E-state index is 2.40. The molecule has 1 aliphatic carbocycles. The van der Waals surface area contributed by atoms with Crippen LogP contribution in [0.2, 0.25) is 0 Å². The van der Waals surface area contributed by atoms with E-state index in [2.05, 4.69) is 118 Å². The van der Waals surface area contributed by atoms with Crippen molar-refractivity contribution in [3.8, 4) is 0 Å². The fraction of sp³-hybridized carbons (Fsp3) is 0.120. The SMILES string of the molecule is [Cl-].[Cl-].[Cl-].[Ti+3][C]1=CCC(C(c2ccccc2)c2ccccc2)=C1Cc1ccccc1. The first-order valence-corrected chi connectivity index (χ1v) is 9.89. The monoisotopic (exact) mass is 474 g/mol. The Labute approximate surface area is 204 Å². The van der Waals surface area contributed by atoms with Crippen LogP contribution < -0.4 is 37.2 Å². The van der Waals surface area contributed by atoms with E-state index < -0.39 is 0 Å². The van der Waals surface area contributed by atoms with Crippen molar-refractivity contribution >= 4 is 0 Å². The Morgan fingerprint density at radius 2 is 1.10 bits per heavy atom. The second-order valence-electron chi connectivity index (χ2n) is 6.74. The fourth-order valence-corrected chi connectivity index (χ4v) is 4.37. The molecule has 3 aromatic rings. The van der Waals surface area contributed by atoms with Gasteiger partial charge in [0.05, 0.1) is 0 Å². The normalized spacial score (nSPS) is 12.6. The summed E-state index contributed by atoms with van der Waals surface area (Å²) in [6, 6.07) is 32.7. The van der Waals surface area contributed by atoms with E-state index in [0.717, 1.165) is 12.8 Å². The molecule has 0 atom stereocenters. The molecule has 0 heterocycles. The predicted molar refractivity (Wildman–Crippen MR) is 105 cm³/mol. The van der Waals surface area contributed by atoms with Gasteiger partial charge >= 0.3 is 168 Å². The molecule has 0 amide bonds. The molecule has 0 N–H and O–H groups in total. The van der Waals surface area contributed by atoms with Crippen molar-refractivity contribution in [3.05, 3.63) is 129 Å². The van der Waals surface area contributed by atoms with Gasteiger partial charge in [-0.15, -0.1) is 0 Å². The van der Waals surface area contributed by atoms with Gasteiger partial charge in [0, 0.05) is 0 Å². The van der Waals surface area contributed by atoms with Crippen LogP contribution in [0, 0.1) is 0 Å². The third-order valence-corrected chi connectivity index (χ3v) is 5.87. The van der Waals surface area contributed by atoms with Gasteiger partial charge in [0.15, 0.2) is 0 Å². The zero-order valence-electron chi connectivity index (χ0n) is 15.9. The van der Waals surface area contributed by atoms with Gasteiger partial charge in [-0.05, 0) is 0 Å². The number of halogens is 3. The minimum absolute atomic E-state index is 0. The maximum absolute atomic E-state index is 2.40. The summed E-state index contributed by atoms with van der Waals surface area (Å²) in [6.45, 7) is 0. The Bertz CT molecular complexity index is 896. The van der Waals surface area contributed by atoms with Crippen LogP contribution in [-0.4, -0.2) is 0 Å². The summed E-state index contributed by atoms with van der Waals surface area (Å²) in [4.78, 5) is 0. The Kier molecular flexibility index (Phi) is 11.0. The molecule has 0 saturated carbocycles. The van der Waals surface area contributed by atoms with Crippen molar-refractivity contribution in [2.24, 2.45) is 0 Å². The molecule has 0 spiro atoms. The molecule has 0 unspecified atom stereocenters. The average Bonchev–Trinajstić information content (AvgIpc) is 3.05. The topological polar surface area (TPSA) is 0 Å². The van der Waals surface area contributed by atoms with Crippen LogP contribution in [0.4, 0.5) is 0 Å². The van der Waals surface area contributed by atoms with Gasteiger partial charge in [-0.2, -0.15) is 0 Å². The molecule has 3 aromatic carbocycles. The predicted octanol–water partition coefficient (Wildman–Crippen LogP) is -2.80. The standard InChI is InChI=1S/C25H21.3ClH.Ti/c1-4-11-20(12-5-1)19-23-17-10-18-24(23)25(21-13-6-2-7-14-21)22-15-8-3-9-16-22;;;;/h1-16,25H,18-19H2;3*1H;/q;;;;+3/p-3. The Morgan fingerprint density at radius 1 is 0.655 bits per heavy atom. The van der Waals surface area contributed by atoms with E-state index >= 15 is 0 Å². The minimum atomic E-state index is 0. The second kappa shape index (κ2) is 12.4. The zero-order valence-corrected chi connectivity index (χ0v) is 19.7. The van der Waals surface area contributed by atoms with Crippen LogP contribution in [0.3, 0.4) is 0 Å². The zero-order chi connectivity index (χ0) is 17.8. The Morgan fingerprint density at radius 3 is 1.59 bits per heavy atom. The van der Waals surface area contributed by atoms with E-state index in [1.165, 1.54) is 26.1 Å². The first-order valence-electron chi connectivity index (χ1n) is 9.11. The quantitative estimate of drug-likeness (QED) is 0.350. The summed E-state index contributed by atoms with van der Waals surface area (Å²) in [6.07, 6.45) is 4.45. The van der Waals surface area contributed by atoms with E-state index in [-0.39, 0.29) is 37.2 Å². The van der Waals surface area contributed by atoms with Gasteiger partial charge in [-0.25, -0.2) is 0 Å². The van der Waals surface area contributed by atoms with Gasteiger partial charge in [0.1, 0.15) is 0 Å². The van der Waals surface area contributed by atoms with Gasteiger partial charge in [-0.1, -0.05) is 0 Å². The third-order valence-electron chi connectivity index (χ3n) is 5.08. The van der Waals surface area contributed by atoms with Gasteiger partial charge < -0.3 is 37.2 Å². The molecule has 0 radical (unpaired) electrons. The number of benzene rings is 3. The first kappa shape index (κ1) is 25.8. The van der Waals surface area contributed by atoms with Crippen LogP contribution in [-0.2, 0) is 26.9 Å². The van der Waals surface area contributed by atoms with Gasteiger partial charge in [-0.3, -0.25) is 0 Å². The van der Waals surface area contributed by atoms with Crippen LogP contribution >= 0.6 is 0 Å². The van der Waals surface area contributed by atoms with Crippen molar-refractivity contribution in [2.45, 2.75) is 18.8 Å². The summed E-state index contributed by atoms with van der Waals surface area (Å²) in [5.74, 6) is 0.324. The number of hydrogen-bond acceptors (Lipinski definition) is 0. The summed E-state index contributed by atoms with van der Waals surface area (Å²) < 4.78 is 1.43. The molecule has 0 aliphatic heterocycles. The number of hydrogen-bond donors (Lipinski definition) is 0. The molecular formula is C25H21Cl3Ti. The van der Waals surface area contributed by atoms with E-state index in [9.17, 15) is 0 Å². The van der Waals surface area contributed by atoms with E-state index in [0.29, 0.717) is 5.92 Å². The van der Waals surface area contributed by atoms with E-state index in [1.54, 1.807) is 5.57 Å². The average molecular weight is 476 g/mol. The van der Waals surface area contributed by atoms with Crippen molar-refractivity contribution in [2.75, 3.05) is 0 Å². The molecule has 4 heteroatoms. The Balaban J connectivity index is 0.00000140. The summed E-state index contributed by atoms with van der Waals surface area (Å²) in [7, 11) is 0. The summed E-state index contributed by atoms with van der Waals surface area (Å²) in [5.41, 5.74) is 7.19. The molecule has 0 aromatic heterocycles. The second-order valence-corrected chi connectivity index (χ2v) is 7.58. The van der Waals surface area contributed by atoms with Gasteiger partial charge in [0.2, 0.25) is 0 Å². The molecule has 146 valence electrons. The molecule has 0 saturated heterocycles. The molecular weight excluding hydrogens is 455 g/mol. The van der Waals surface area contributed by atoms with Crippen molar-refractivity contribution in [3.63, 3.8) is 0 Å². The molecule has 4 rings (SSSR count).